The lowest BCUT2D eigenvalue weighted by Gasteiger charge is -2.39. The molecule has 8 heteroatoms. The predicted molar refractivity (Wildman–Crippen MR) is 127 cm³/mol. The summed E-state index contributed by atoms with van der Waals surface area (Å²) in [5, 5.41) is 3.42. The van der Waals surface area contributed by atoms with E-state index in [9.17, 15) is 9.18 Å². The average molecular weight is 447 g/mol. The second kappa shape index (κ2) is 12.2. The van der Waals surface area contributed by atoms with Crippen LogP contribution in [0.5, 0.6) is 0 Å². The quantitative estimate of drug-likeness (QED) is 0.488. The van der Waals surface area contributed by atoms with Gasteiger partial charge in [-0.3, -0.25) is 14.7 Å². The summed E-state index contributed by atoms with van der Waals surface area (Å²) < 4.78 is 13.1. The number of likely N-dealkylation sites (N-methyl/N-ethyl adjacent to an activating group) is 1. The van der Waals surface area contributed by atoms with Gasteiger partial charge in [0.25, 0.3) is 0 Å². The molecule has 0 saturated carbocycles. The lowest BCUT2D eigenvalue weighted by Crippen LogP contribution is -2.57. The molecule has 0 spiro atoms. The molecular formula is C24H39FN6O. The first kappa shape index (κ1) is 24.5. The van der Waals surface area contributed by atoms with Crippen LogP contribution in [0, 0.1) is 5.82 Å². The van der Waals surface area contributed by atoms with Crippen LogP contribution in [-0.4, -0.2) is 103 Å². The van der Waals surface area contributed by atoms with Gasteiger partial charge in [-0.2, -0.15) is 0 Å². The van der Waals surface area contributed by atoms with Crippen molar-refractivity contribution >= 4 is 11.9 Å². The molecule has 1 aromatic rings. The second-order valence-corrected chi connectivity index (χ2v) is 8.83. The number of amides is 1. The molecule has 1 atom stereocenters. The van der Waals surface area contributed by atoms with Gasteiger partial charge in [-0.25, -0.2) is 4.39 Å². The molecule has 0 aliphatic carbocycles. The van der Waals surface area contributed by atoms with E-state index in [2.05, 4.69) is 34.0 Å². The van der Waals surface area contributed by atoms with Gasteiger partial charge in [0.2, 0.25) is 5.91 Å². The SMILES string of the molecule is CCNC(=NCCN(C)Cc1ccc(F)cc1)N1CCN(C(C)C(=O)N2CCCC2)CC1. The molecular weight excluding hydrogens is 407 g/mol. The van der Waals surface area contributed by atoms with Crippen LogP contribution in [0.25, 0.3) is 0 Å². The van der Waals surface area contributed by atoms with Crippen molar-refractivity contribution in [2.45, 2.75) is 39.3 Å². The highest BCUT2D eigenvalue weighted by atomic mass is 19.1. The number of nitrogens with zero attached hydrogens (tertiary/aromatic N) is 5. The molecule has 0 bridgehead atoms. The maximum Gasteiger partial charge on any atom is 0.239 e. The minimum Gasteiger partial charge on any atom is -0.357 e. The third-order valence-corrected chi connectivity index (χ3v) is 6.38. The van der Waals surface area contributed by atoms with Gasteiger partial charge in [0, 0.05) is 58.9 Å². The number of rotatable bonds is 8. The third-order valence-electron chi connectivity index (χ3n) is 6.38. The maximum atomic E-state index is 13.1. The van der Waals surface area contributed by atoms with Crippen molar-refractivity contribution in [1.82, 2.24) is 24.9 Å². The Morgan fingerprint density at radius 2 is 1.75 bits per heavy atom. The summed E-state index contributed by atoms with van der Waals surface area (Å²) in [6.45, 7) is 12.6. The Kier molecular flexibility index (Phi) is 9.29. The predicted octanol–water partition coefficient (Wildman–Crippen LogP) is 1.85. The fourth-order valence-electron chi connectivity index (χ4n) is 4.41. The van der Waals surface area contributed by atoms with Gasteiger partial charge >= 0.3 is 0 Å². The molecule has 2 aliphatic heterocycles. The van der Waals surface area contributed by atoms with Gasteiger partial charge in [-0.15, -0.1) is 0 Å². The number of likely N-dealkylation sites (tertiary alicyclic amines) is 1. The summed E-state index contributed by atoms with van der Waals surface area (Å²) in [5.74, 6) is 1.02. The molecule has 2 fully saturated rings. The fraction of sp³-hybridized carbons (Fsp3) is 0.667. The Bertz CT molecular complexity index is 741. The Hall–Kier alpha value is -2.19. The summed E-state index contributed by atoms with van der Waals surface area (Å²) in [5.41, 5.74) is 1.10. The largest absolute Gasteiger partial charge is 0.357 e. The molecule has 178 valence electrons. The smallest absolute Gasteiger partial charge is 0.239 e. The number of aliphatic imine (C=N–C) groups is 1. The highest BCUT2D eigenvalue weighted by Crippen LogP contribution is 2.14. The Morgan fingerprint density at radius 3 is 2.38 bits per heavy atom. The van der Waals surface area contributed by atoms with E-state index in [1.807, 2.05) is 24.0 Å². The van der Waals surface area contributed by atoms with E-state index in [1.165, 1.54) is 12.1 Å². The van der Waals surface area contributed by atoms with Crippen LogP contribution >= 0.6 is 0 Å². The zero-order valence-electron chi connectivity index (χ0n) is 19.9. The van der Waals surface area contributed by atoms with Gasteiger partial charge in [0.15, 0.2) is 5.96 Å². The Balaban J connectivity index is 1.46. The molecule has 2 aliphatic rings. The van der Waals surface area contributed by atoms with Crippen molar-refractivity contribution in [3.63, 3.8) is 0 Å². The number of halogens is 1. The van der Waals surface area contributed by atoms with Gasteiger partial charge in [-0.1, -0.05) is 12.1 Å². The maximum absolute atomic E-state index is 13.1. The first-order valence-electron chi connectivity index (χ1n) is 12.0. The lowest BCUT2D eigenvalue weighted by molar-refractivity contribution is -0.135. The van der Waals surface area contributed by atoms with E-state index in [-0.39, 0.29) is 17.8 Å². The molecule has 1 unspecified atom stereocenters. The highest BCUT2D eigenvalue weighted by molar-refractivity contribution is 5.82. The topological polar surface area (TPSA) is 54.4 Å². The van der Waals surface area contributed by atoms with Crippen LogP contribution in [-0.2, 0) is 11.3 Å². The molecule has 0 aromatic heterocycles. The zero-order valence-corrected chi connectivity index (χ0v) is 19.9. The molecule has 2 saturated heterocycles. The Labute approximate surface area is 192 Å². The van der Waals surface area contributed by atoms with Crippen LogP contribution in [0.4, 0.5) is 4.39 Å². The highest BCUT2D eigenvalue weighted by Gasteiger charge is 2.30. The number of benzene rings is 1. The second-order valence-electron chi connectivity index (χ2n) is 8.83. The molecule has 3 rings (SSSR count). The lowest BCUT2D eigenvalue weighted by atomic mass is 10.2. The van der Waals surface area contributed by atoms with Crippen molar-refractivity contribution in [2.75, 3.05) is 66.0 Å². The normalized spacial score (nSPS) is 19.0. The number of piperazine rings is 1. The summed E-state index contributed by atoms with van der Waals surface area (Å²) in [6.07, 6.45) is 2.27. The van der Waals surface area contributed by atoms with Crippen molar-refractivity contribution in [1.29, 1.82) is 0 Å². The number of hydrogen-bond acceptors (Lipinski definition) is 4. The summed E-state index contributed by atoms with van der Waals surface area (Å²) in [6, 6.07) is 6.62. The van der Waals surface area contributed by atoms with E-state index in [1.54, 1.807) is 0 Å². The molecule has 32 heavy (non-hydrogen) atoms. The monoisotopic (exact) mass is 446 g/mol. The molecule has 1 aromatic carbocycles. The fourth-order valence-corrected chi connectivity index (χ4v) is 4.41. The van der Waals surface area contributed by atoms with E-state index in [4.69, 9.17) is 4.99 Å². The summed E-state index contributed by atoms with van der Waals surface area (Å²) in [7, 11) is 2.06. The minimum atomic E-state index is -0.203. The van der Waals surface area contributed by atoms with Gasteiger partial charge < -0.3 is 20.0 Å². The van der Waals surface area contributed by atoms with Crippen molar-refractivity contribution in [2.24, 2.45) is 4.99 Å². The van der Waals surface area contributed by atoms with E-state index in [0.29, 0.717) is 6.54 Å². The minimum absolute atomic E-state index is 0.0464. The number of carbonyl (C=O) groups is 1. The first-order valence-corrected chi connectivity index (χ1v) is 12.0. The summed E-state index contributed by atoms with van der Waals surface area (Å²) in [4.78, 5) is 26.4. The summed E-state index contributed by atoms with van der Waals surface area (Å²) >= 11 is 0. The van der Waals surface area contributed by atoms with Crippen LogP contribution in [0.15, 0.2) is 29.3 Å². The van der Waals surface area contributed by atoms with Crippen LogP contribution in [0.3, 0.4) is 0 Å². The van der Waals surface area contributed by atoms with Crippen molar-refractivity contribution < 1.29 is 9.18 Å². The third kappa shape index (κ3) is 6.90. The van der Waals surface area contributed by atoms with Gasteiger partial charge in [-0.05, 0) is 51.4 Å². The van der Waals surface area contributed by atoms with Crippen LogP contribution in [0.1, 0.15) is 32.3 Å². The van der Waals surface area contributed by atoms with Crippen molar-refractivity contribution in [3.05, 3.63) is 35.6 Å². The number of guanidine groups is 1. The molecule has 0 radical (unpaired) electrons. The average Bonchev–Trinajstić information content (AvgIpc) is 3.34. The van der Waals surface area contributed by atoms with E-state index < -0.39 is 0 Å². The molecule has 7 nitrogen and oxygen atoms in total. The van der Waals surface area contributed by atoms with E-state index in [0.717, 1.165) is 83.3 Å². The van der Waals surface area contributed by atoms with E-state index >= 15 is 0 Å². The Morgan fingerprint density at radius 1 is 1.09 bits per heavy atom. The van der Waals surface area contributed by atoms with Crippen molar-refractivity contribution in [3.8, 4) is 0 Å². The molecule has 1 amide bonds. The standard InChI is InChI=1S/C24H39FN6O/c1-4-26-24(27-11-14-28(3)19-21-7-9-22(25)10-8-21)31-17-15-29(16-18-31)20(2)23(32)30-12-5-6-13-30/h7-10,20H,4-6,11-19H2,1-3H3,(H,26,27). The number of carbonyl (C=O) groups excluding carboxylic acids is 1. The molecule has 1 N–H and O–H groups in total. The first-order chi connectivity index (χ1) is 15.5. The number of nitrogens with one attached hydrogen (secondary N) is 1. The zero-order chi connectivity index (χ0) is 22.9. The molecule has 2 heterocycles. The van der Waals surface area contributed by atoms with Gasteiger partial charge in [0.05, 0.1) is 12.6 Å². The van der Waals surface area contributed by atoms with Crippen LogP contribution < -0.4 is 5.32 Å². The van der Waals surface area contributed by atoms with Crippen LogP contribution in [0.2, 0.25) is 0 Å². The van der Waals surface area contributed by atoms with Gasteiger partial charge in [0.1, 0.15) is 5.82 Å². The number of hydrogen-bond donors (Lipinski definition) is 1.